The average molecular weight is 1160 g/mol. The molecule has 0 saturated carbocycles. The predicted octanol–water partition coefficient (Wildman–Crippen LogP) is 8.53. The van der Waals surface area contributed by atoms with Gasteiger partial charge in [0.2, 0.25) is 5.91 Å². The van der Waals surface area contributed by atoms with Crippen LogP contribution in [0.2, 0.25) is 0 Å². The molecule has 4 amide bonds. The number of aliphatic hydroxyl groups excluding tert-OH is 1. The van der Waals surface area contributed by atoms with Crippen LogP contribution in [-0.2, 0) is 33.5 Å². The Labute approximate surface area is 479 Å². The smallest absolute Gasteiger partial charge is 0.322 e. The van der Waals surface area contributed by atoms with Crippen LogP contribution in [0.15, 0.2) is 97.1 Å². The monoisotopic (exact) mass is 1160 g/mol. The molecule has 8 aliphatic heterocycles. The molecular weight excluding hydrogens is 1090 g/mol. The van der Waals surface area contributed by atoms with Crippen molar-refractivity contribution in [3.8, 4) is 0 Å². The van der Waals surface area contributed by atoms with Gasteiger partial charge in [-0.05, 0) is 122 Å². The molecule has 8 aliphatic rings. The summed E-state index contributed by atoms with van der Waals surface area (Å²) in [4.78, 5) is 74.2. The Kier molecular flexibility index (Phi) is 17.9. The summed E-state index contributed by atoms with van der Waals surface area (Å²) in [7, 11) is 1.30. The van der Waals surface area contributed by atoms with Gasteiger partial charge in [-0.3, -0.25) is 44.0 Å². The summed E-state index contributed by atoms with van der Waals surface area (Å²) in [5.41, 5.74) is -1.34. The van der Waals surface area contributed by atoms with Gasteiger partial charge in [-0.15, -0.1) is 0 Å². The number of rotatable bonds is 12. The molecule has 0 aromatic heterocycles. The number of halogens is 6. The van der Waals surface area contributed by atoms with E-state index in [1.54, 1.807) is 57.3 Å². The zero-order chi connectivity index (χ0) is 59.8. The van der Waals surface area contributed by atoms with E-state index in [1.165, 1.54) is 60.6 Å². The van der Waals surface area contributed by atoms with E-state index < -0.39 is 40.0 Å². The van der Waals surface area contributed by atoms with Gasteiger partial charge in [0.05, 0.1) is 43.3 Å². The van der Waals surface area contributed by atoms with Gasteiger partial charge in [0.15, 0.2) is 5.41 Å². The van der Waals surface area contributed by atoms with Crippen molar-refractivity contribution < 1.29 is 65.0 Å². The van der Waals surface area contributed by atoms with E-state index in [4.69, 9.17) is 4.74 Å². The standard InChI is InChI=1S/C16H19FN2O3.C15H17F3N2O.C15H19FN2O2.C15H17FN2O2/c1-3-16(15(21)22-2)10-18-8-7-13(19(18)14(16)20)11-5-4-6-12(17)9-11;1-2-15(13(17)18)9-19-7-6-12(20(19)14(15)21)10-4-3-5-11(16)8-10;2*1-2-15(10-19)9-17-7-6-13(18(17)14(15)20)11-4-3-5-12(16)8-11/h4-6,9,13H,3,7-8,10H2,1-2H3;3-5,8,12-13H,2,6-7,9H2,1H3;3-5,8,13,19H,2,6-7,9-10H2,1H3;3-5,8,10,13H,2,6-7,9H2,1H3. The van der Waals surface area contributed by atoms with Gasteiger partial charge in [0.1, 0.15) is 40.4 Å². The second-order valence-corrected chi connectivity index (χ2v) is 22.7. The number of nitrogens with zero attached hydrogens (tertiary/aromatic N) is 8. The number of alkyl halides is 2. The highest BCUT2D eigenvalue weighted by Gasteiger charge is 2.61. The minimum absolute atomic E-state index is 0.0331. The van der Waals surface area contributed by atoms with E-state index in [2.05, 4.69) is 0 Å². The van der Waals surface area contributed by atoms with Crippen molar-refractivity contribution in [3.63, 3.8) is 0 Å². The molecule has 0 radical (unpaired) electrons. The fraction of sp³-hybridized carbons (Fsp3) is 0.508. The Bertz CT molecular complexity index is 3090. The van der Waals surface area contributed by atoms with Crippen molar-refractivity contribution in [3.05, 3.63) is 143 Å². The van der Waals surface area contributed by atoms with E-state index in [9.17, 15) is 60.2 Å². The number of carbonyl (C=O) groups excluding carboxylic acids is 6. The quantitative estimate of drug-likeness (QED) is 0.0625. The molecule has 4 aromatic carbocycles. The number of fused-ring (bicyclic) bond motifs is 4. The van der Waals surface area contributed by atoms with Gasteiger partial charge in [-0.1, -0.05) is 76.2 Å². The lowest BCUT2D eigenvalue weighted by atomic mass is 9.84. The molecule has 0 bridgehead atoms. The van der Waals surface area contributed by atoms with E-state index in [1.807, 2.05) is 54.0 Å². The van der Waals surface area contributed by atoms with Crippen LogP contribution in [0.25, 0.3) is 0 Å². The Morgan fingerprint density at radius 3 is 1.28 bits per heavy atom. The molecule has 22 heteroatoms. The lowest BCUT2D eigenvalue weighted by Crippen LogP contribution is -2.42. The van der Waals surface area contributed by atoms with Crippen molar-refractivity contribution in [2.75, 3.05) is 66.1 Å². The first-order valence-corrected chi connectivity index (χ1v) is 28.5. The number of hydrazine groups is 4. The Balaban J connectivity index is 0.000000133. The third-order valence-electron chi connectivity index (χ3n) is 18.5. The number of hydrogen-bond acceptors (Lipinski definition) is 12. The Morgan fingerprint density at radius 2 is 0.928 bits per heavy atom. The summed E-state index contributed by atoms with van der Waals surface area (Å²) in [5, 5.41) is 23.5. The number of esters is 1. The first kappa shape index (κ1) is 60.9. The molecule has 83 heavy (non-hydrogen) atoms. The molecule has 12 rings (SSSR count). The van der Waals surface area contributed by atoms with E-state index >= 15 is 0 Å². The van der Waals surface area contributed by atoms with E-state index in [-0.39, 0.29) is 84.7 Å². The summed E-state index contributed by atoms with van der Waals surface area (Å²) in [6.45, 7) is 11.2. The van der Waals surface area contributed by atoms with Crippen molar-refractivity contribution in [2.45, 2.75) is 110 Å². The third-order valence-corrected chi connectivity index (χ3v) is 18.5. The van der Waals surface area contributed by atoms with Gasteiger partial charge >= 0.3 is 5.97 Å². The number of aldehydes is 1. The molecule has 8 atom stereocenters. The largest absolute Gasteiger partial charge is 0.468 e. The lowest BCUT2D eigenvalue weighted by Gasteiger charge is -2.27. The van der Waals surface area contributed by atoms with E-state index in [0.717, 1.165) is 55.3 Å². The molecule has 1 N–H and O–H groups in total. The maximum Gasteiger partial charge on any atom is 0.322 e. The second-order valence-electron chi connectivity index (χ2n) is 22.7. The maximum atomic E-state index is 13.5. The first-order valence-electron chi connectivity index (χ1n) is 28.5. The van der Waals surface area contributed by atoms with Crippen LogP contribution in [-0.4, -0.2) is 154 Å². The average Bonchev–Trinajstić information content (AvgIpc) is 3.31. The van der Waals surface area contributed by atoms with Crippen LogP contribution >= 0.6 is 0 Å². The summed E-state index contributed by atoms with van der Waals surface area (Å²) in [6, 6.07) is 24.2. The fourth-order valence-electron chi connectivity index (χ4n) is 13.3. The predicted molar refractivity (Wildman–Crippen MR) is 291 cm³/mol. The molecule has 0 aliphatic carbocycles. The molecule has 16 nitrogen and oxygen atoms in total. The molecule has 4 aromatic rings. The number of benzene rings is 4. The maximum absolute atomic E-state index is 13.5. The minimum Gasteiger partial charge on any atom is -0.468 e. The molecular formula is C61H72F6N8O8. The van der Waals surface area contributed by atoms with Crippen LogP contribution in [0.1, 0.15) is 125 Å². The highest BCUT2D eigenvalue weighted by atomic mass is 19.3. The lowest BCUT2D eigenvalue weighted by molar-refractivity contribution is -0.159. The zero-order valence-electron chi connectivity index (χ0n) is 47.4. The van der Waals surface area contributed by atoms with Crippen molar-refractivity contribution in [1.29, 1.82) is 0 Å². The van der Waals surface area contributed by atoms with Crippen LogP contribution in [0.4, 0.5) is 26.3 Å². The number of methoxy groups -OCH3 is 1. The minimum atomic E-state index is -2.69. The van der Waals surface area contributed by atoms with Crippen molar-refractivity contribution in [1.82, 2.24) is 40.1 Å². The van der Waals surface area contributed by atoms with Gasteiger partial charge in [-0.2, -0.15) is 0 Å². The van der Waals surface area contributed by atoms with Crippen LogP contribution < -0.4 is 0 Å². The van der Waals surface area contributed by atoms with Gasteiger partial charge < -0.3 is 14.6 Å². The molecule has 8 heterocycles. The van der Waals surface area contributed by atoms with Crippen LogP contribution in [0, 0.1) is 44.9 Å². The SMILES string of the molecule is CCC1(C(=O)OC)CN2CCC(c3cccc(F)c3)N2C1=O.CCC1(C(F)F)CN2CCC(c3cccc(F)c3)N2C1=O.CCC1(C=O)CN2CCC(c3cccc(F)c3)N2C1=O.CCC1(CO)CN2CCC(c3cccc(F)c3)N2C1=O. The number of ether oxygens (including phenoxy) is 1. The van der Waals surface area contributed by atoms with E-state index in [0.29, 0.717) is 64.0 Å². The topological polar surface area (TPSA) is 158 Å². The summed E-state index contributed by atoms with van der Waals surface area (Å²) in [5.74, 6) is -2.74. The molecule has 8 unspecified atom stereocenters. The molecule has 0 spiro atoms. The highest BCUT2D eigenvalue weighted by molar-refractivity contribution is 6.04. The van der Waals surface area contributed by atoms with Gasteiger partial charge in [-0.25, -0.2) is 46.4 Å². The number of aliphatic hydroxyl groups is 1. The third kappa shape index (κ3) is 10.8. The summed E-state index contributed by atoms with van der Waals surface area (Å²) < 4.78 is 85.3. The van der Waals surface area contributed by atoms with Crippen LogP contribution in [0.5, 0.6) is 0 Å². The van der Waals surface area contributed by atoms with Crippen molar-refractivity contribution >= 4 is 35.9 Å². The van der Waals surface area contributed by atoms with Gasteiger partial charge in [0, 0.05) is 52.4 Å². The Hall–Kier alpha value is -6.72. The highest BCUT2D eigenvalue weighted by Crippen LogP contribution is 2.49. The second kappa shape index (κ2) is 24.5. The van der Waals surface area contributed by atoms with Crippen LogP contribution in [0.3, 0.4) is 0 Å². The zero-order valence-corrected chi connectivity index (χ0v) is 47.4. The fourth-order valence-corrected chi connectivity index (χ4v) is 13.3. The summed E-state index contributed by atoms with van der Waals surface area (Å²) >= 11 is 0. The number of amides is 4. The summed E-state index contributed by atoms with van der Waals surface area (Å²) in [6.07, 6.45) is 2.64. The Morgan fingerprint density at radius 1 is 0.542 bits per heavy atom. The molecule has 8 saturated heterocycles. The number of carbonyl (C=O) groups is 6. The number of hydrogen-bond donors (Lipinski definition) is 1. The molecule has 446 valence electrons. The molecule has 8 fully saturated rings. The normalized spacial score (nSPS) is 29.3. The van der Waals surface area contributed by atoms with Gasteiger partial charge in [0.25, 0.3) is 24.1 Å². The first-order chi connectivity index (χ1) is 39.7. The van der Waals surface area contributed by atoms with Crippen molar-refractivity contribution in [2.24, 2.45) is 21.7 Å².